The van der Waals surface area contributed by atoms with Crippen molar-refractivity contribution >= 4 is 11.6 Å². The molecule has 3 nitrogen and oxygen atoms in total. The largest absolute Gasteiger partial charge is 0.312 e. The number of nitrogens with zero attached hydrogens (tertiary/aromatic N) is 2. The van der Waals surface area contributed by atoms with Crippen molar-refractivity contribution in [1.29, 1.82) is 0 Å². The number of rotatable bonds is 5. The molecule has 1 heterocycles. The Kier molecular flexibility index (Phi) is 5.01. The summed E-state index contributed by atoms with van der Waals surface area (Å²) in [7, 11) is 0. The molecule has 1 N–H and O–H groups in total. The van der Waals surface area contributed by atoms with Crippen LogP contribution in [-0.2, 0) is 6.54 Å². The Hall–Kier alpha value is -1.39. The molecule has 0 aliphatic carbocycles. The molecule has 0 atom stereocenters. The smallest absolute Gasteiger partial charge is 0.149 e. The molecule has 0 aliphatic rings. The van der Waals surface area contributed by atoms with Gasteiger partial charge in [0, 0.05) is 6.54 Å². The van der Waals surface area contributed by atoms with Crippen molar-refractivity contribution in [3.05, 3.63) is 46.0 Å². The molecular formula is C16H21ClFN3. The number of benzene rings is 1. The molecule has 1 aromatic heterocycles. The molecule has 0 radical (unpaired) electrons. The van der Waals surface area contributed by atoms with Gasteiger partial charge in [-0.3, -0.25) is 0 Å². The first-order valence-electron chi connectivity index (χ1n) is 7.11. The quantitative estimate of drug-likeness (QED) is 0.904. The van der Waals surface area contributed by atoms with Crippen molar-refractivity contribution in [2.75, 3.05) is 6.54 Å². The van der Waals surface area contributed by atoms with Crippen LogP contribution in [0.15, 0.2) is 18.2 Å². The van der Waals surface area contributed by atoms with Gasteiger partial charge in [-0.05, 0) is 44.0 Å². The summed E-state index contributed by atoms with van der Waals surface area (Å²) in [5.74, 6) is 0.284. The van der Waals surface area contributed by atoms with Crippen LogP contribution in [0.2, 0.25) is 5.02 Å². The summed E-state index contributed by atoms with van der Waals surface area (Å²) >= 11 is 6.11. The van der Waals surface area contributed by atoms with E-state index in [2.05, 4.69) is 24.3 Å². The Morgan fingerprint density at radius 2 is 2.05 bits per heavy atom. The second-order valence-corrected chi connectivity index (χ2v) is 6.09. The Morgan fingerprint density at radius 1 is 1.33 bits per heavy atom. The van der Waals surface area contributed by atoms with Gasteiger partial charge in [0.15, 0.2) is 0 Å². The molecule has 114 valence electrons. The SMILES string of the molecule is Cc1nn(-c2ccc(CNCC(C)C)cc2F)c(C)c1Cl. The van der Waals surface area contributed by atoms with Gasteiger partial charge in [-0.25, -0.2) is 9.07 Å². The number of nitrogens with one attached hydrogen (secondary N) is 1. The molecule has 0 fully saturated rings. The summed E-state index contributed by atoms with van der Waals surface area (Å²) < 4.78 is 15.9. The summed E-state index contributed by atoms with van der Waals surface area (Å²) in [5.41, 5.74) is 2.80. The highest BCUT2D eigenvalue weighted by molar-refractivity contribution is 6.31. The van der Waals surface area contributed by atoms with Gasteiger partial charge in [-0.15, -0.1) is 0 Å². The first-order chi connectivity index (χ1) is 9.90. The standard InChI is InChI=1S/C16H21ClFN3/c1-10(2)8-19-9-13-5-6-15(14(18)7-13)21-12(4)16(17)11(3)20-21/h5-7,10,19H,8-9H2,1-4H3. The highest BCUT2D eigenvalue weighted by Gasteiger charge is 2.14. The molecular weight excluding hydrogens is 289 g/mol. The van der Waals surface area contributed by atoms with Crippen LogP contribution in [0.25, 0.3) is 5.69 Å². The normalized spacial score (nSPS) is 11.4. The lowest BCUT2D eigenvalue weighted by molar-refractivity contribution is 0.549. The van der Waals surface area contributed by atoms with Gasteiger partial charge in [0.05, 0.1) is 16.4 Å². The van der Waals surface area contributed by atoms with E-state index in [1.54, 1.807) is 16.8 Å². The maximum absolute atomic E-state index is 14.3. The fourth-order valence-electron chi connectivity index (χ4n) is 2.20. The lowest BCUT2D eigenvalue weighted by Crippen LogP contribution is -2.19. The molecule has 2 rings (SSSR count). The Morgan fingerprint density at radius 3 is 2.57 bits per heavy atom. The lowest BCUT2D eigenvalue weighted by atomic mass is 10.1. The van der Waals surface area contributed by atoms with E-state index in [0.717, 1.165) is 17.8 Å². The van der Waals surface area contributed by atoms with Gasteiger partial charge >= 0.3 is 0 Å². The molecule has 0 spiro atoms. The van der Waals surface area contributed by atoms with E-state index in [9.17, 15) is 4.39 Å². The predicted molar refractivity (Wildman–Crippen MR) is 84.6 cm³/mol. The van der Waals surface area contributed by atoms with Crippen molar-refractivity contribution in [2.24, 2.45) is 5.92 Å². The third kappa shape index (κ3) is 3.63. The summed E-state index contributed by atoms with van der Waals surface area (Å²) in [4.78, 5) is 0. The van der Waals surface area contributed by atoms with Crippen molar-refractivity contribution in [3.8, 4) is 5.69 Å². The van der Waals surface area contributed by atoms with Crippen LogP contribution in [0, 0.1) is 25.6 Å². The average Bonchev–Trinajstić information content (AvgIpc) is 2.66. The summed E-state index contributed by atoms with van der Waals surface area (Å²) in [5, 5.41) is 8.17. The van der Waals surface area contributed by atoms with Gasteiger partial charge in [0.25, 0.3) is 0 Å². The van der Waals surface area contributed by atoms with E-state index in [1.807, 2.05) is 19.9 Å². The van der Waals surface area contributed by atoms with Crippen molar-refractivity contribution < 1.29 is 4.39 Å². The van der Waals surface area contributed by atoms with Crippen LogP contribution < -0.4 is 5.32 Å². The molecule has 0 bridgehead atoms. The van der Waals surface area contributed by atoms with E-state index in [1.165, 1.54) is 0 Å². The zero-order valence-corrected chi connectivity index (χ0v) is 13.6. The minimum Gasteiger partial charge on any atom is -0.312 e. The summed E-state index contributed by atoms with van der Waals surface area (Å²) in [6.07, 6.45) is 0. The van der Waals surface area contributed by atoms with Gasteiger partial charge in [-0.1, -0.05) is 31.5 Å². The third-order valence-electron chi connectivity index (χ3n) is 3.32. The number of hydrogen-bond donors (Lipinski definition) is 1. The van der Waals surface area contributed by atoms with Crippen LogP contribution in [-0.4, -0.2) is 16.3 Å². The first-order valence-corrected chi connectivity index (χ1v) is 7.49. The van der Waals surface area contributed by atoms with Crippen molar-refractivity contribution in [3.63, 3.8) is 0 Å². The minimum absolute atomic E-state index is 0.291. The first kappa shape index (κ1) is 16.0. The van der Waals surface area contributed by atoms with E-state index in [0.29, 0.717) is 28.9 Å². The molecule has 21 heavy (non-hydrogen) atoms. The monoisotopic (exact) mass is 309 g/mol. The maximum atomic E-state index is 14.3. The zero-order valence-electron chi connectivity index (χ0n) is 12.9. The molecule has 0 amide bonds. The van der Waals surface area contributed by atoms with Gasteiger partial charge in [-0.2, -0.15) is 5.10 Å². The molecule has 0 saturated carbocycles. The molecule has 2 aromatic rings. The van der Waals surface area contributed by atoms with Gasteiger partial charge in [0.1, 0.15) is 11.5 Å². The lowest BCUT2D eigenvalue weighted by Gasteiger charge is -2.10. The van der Waals surface area contributed by atoms with E-state index >= 15 is 0 Å². The van der Waals surface area contributed by atoms with Crippen LogP contribution in [0.5, 0.6) is 0 Å². The number of aryl methyl sites for hydroxylation is 1. The van der Waals surface area contributed by atoms with Crippen LogP contribution >= 0.6 is 11.6 Å². The number of hydrogen-bond acceptors (Lipinski definition) is 2. The second kappa shape index (κ2) is 6.58. The van der Waals surface area contributed by atoms with Gasteiger partial charge < -0.3 is 5.32 Å². The van der Waals surface area contributed by atoms with E-state index < -0.39 is 0 Å². The highest BCUT2D eigenvalue weighted by Crippen LogP contribution is 2.24. The van der Waals surface area contributed by atoms with Crippen molar-refractivity contribution in [2.45, 2.75) is 34.2 Å². The fraction of sp³-hybridized carbons (Fsp3) is 0.438. The molecule has 0 unspecified atom stereocenters. The van der Waals surface area contributed by atoms with Crippen LogP contribution in [0.4, 0.5) is 4.39 Å². The average molecular weight is 310 g/mol. The van der Waals surface area contributed by atoms with Crippen molar-refractivity contribution in [1.82, 2.24) is 15.1 Å². The maximum Gasteiger partial charge on any atom is 0.149 e. The topological polar surface area (TPSA) is 29.9 Å². The summed E-state index contributed by atoms with van der Waals surface area (Å²) in [6.45, 7) is 9.50. The van der Waals surface area contributed by atoms with Crippen LogP contribution in [0.1, 0.15) is 30.8 Å². The Labute approximate surface area is 130 Å². The third-order valence-corrected chi connectivity index (χ3v) is 3.87. The van der Waals surface area contributed by atoms with Gasteiger partial charge in [0.2, 0.25) is 0 Å². The second-order valence-electron chi connectivity index (χ2n) is 5.71. The molecule has 0 saturated heterocycles. The Balaban J connectivity index is 2.21. The Bertz CT molecular complexity index is 635. The minimum atomic E-state index is -0.291. The predicted octanol–water partition coefficient (Wildman–Crippen LogP) is 4.03. The highest BCUT2D eigenvalue weighted by atomic mass is 35.5. The molecule has 0 aliphatic heterocycles. The number of aromatic nitrogens is 2. The fourth-order valence-corrected chi connectivity index (χ4v) is 2.31. The van der Waals surface area contributed by atoms with E-state index in [-0.39, 0.29) is 5.82 Å². The molecule has 1 aromatic carbocycles. The zero-order chi connectivity index (χ0) is 15.6. The number of halogens is 2. The molecule has 5 heteroatoms. The summed E-state index contributed by atoms with van der Waals surface area (Å²) in [6, 6.07) is 5.21. The van der Waals surface area contributed by atoms with Crippen LogP contribution in [0.3, 0.4) is 0 Å². The van der Waals surface area contributed by atoms with E-state index in [4.69, 9.17) is 11.6 Å².